The Hall–Kier alpha value is -0.180. The van der Waals surface area contributed by atoms with Crippen LogP contribution in [0.25, 0.3) is 0 Å². The van der Waals surface area contributed by atoms with Gasteiger partial charge in [-0.1, -0.05) is 12.8 Å². The van der Waals surface area contributed by atoms with Gasteiger partial charge in [-0.25, -0.2) is 4.21 Å². The first-order valence-electron chi connectivity index (χ1n) is 5.63. The van der Waals surface area contributed by atoms with Gasteiger partial charge in [0.2, 0.25) is 0 Å². The molecule has 3 heteroatoms. The van der Waals surface area contributed by atoms with Gasteiger partial charge in [-0.3, -0.25) is 0 Å². The predicted octanol–water partition coefficient (Wildman–Crippen LogP) is 2.85. The molecule has 14 heavy (non-hydrogen) atoms. The van der Waals surface area contributed by atoms with Crippen molar-refractivity contribution < 1.29 is 4.21 Å². The monoisotopic (exact) mass is 213 g/mol. The molecule has 0 aromatic carbocycles. The number of rotatable bonds is 2. The van der Waals surface area contributed by atoms with E-state index < -0.39 is 11.0 Å². The van der Waals surface area contributed by atoms with Crippen molar-refractivity contribution >= 4 is 16.7 Å². The van der Waals surface area contributed by atoms with Gasteiger partial charge < -0.3 is 0 Å². The summed E-state index contributed by atoms with van der Waals surface area (Å²) in [4.78, 5) is 0. The lowest BCUT2D eigenvalue weighted by Crippen LogP contribution is -2.38. The second-order valence-electron chi connectivity index (χ2n) is 4.85. The van der Waals surface area contributed by atoms with Crippen LogP contribution in [0.5, 0.6) is 0 Å². The molecule has 0 N–H and O–H groups in total. The second-order valence-corrected chi connectivity index (χ2v) is 6.53. The van der Waals surface area contributed by atoms with Gasteiger partial charge in [0, 0.05) is 11.1 Å². The van der Waals surface area contributed by atoms with Gasteiger partial charge in [0.25, 0.3) is 0 Å². The third-order valence-electron chi connectivity index (χ3n) is 3.62. The van der Waals surface area contributed by atoms with E-state index in [9.17, 15) is 4.21 Å². The van der Waals surface area contributed by atoms with Crippen LogP contribution in [-0.2, 0) is 11.0 Å². The normalized spacial score (nSPS) is 29.8. The molecule has 0 amide bonds. The fourth-order valence-corrected chi connectivity index (χ4v) is 3.25. The SMILES string of the molecule is CC(C)S(=O)/N=C1\CCC12CCCC2. The summed E-state index contributed by atoms with van der Waals surface area (Å²) in [5.74, 6) is 0. The molecule has 0 aliphatic heterocycles. The van der Waals surface area contributed by atoms with E-state index in [1.54, 1.807) is 0 Å². The van der Waals surface area contributed by atoms with Gasteiger partial charge in [-0.2, -0.15) is 4.40 Å². The molecule has 0 bridgehead atoms. The Balaban J connectivity index is 2.08. The minimum absolute atomic E-state index is 0.168. The molecular formula is C11H19NOS. The van der Waals surface area contributed by atoms with E-state index in [2.05, 4.69) is 4.40 Å². The molecule has 80 valence electrons. The summed E-state index contributed by atoms with van der Waals surface area (Å²) in [6.07, 6.45) is 7.66. The minimum atomic E-state index is -0.985. The van der Waals surface area contributed by atoms with E-state index in [0.29, 0.717) is 5.41 Å². The van der Waals surface area contributed by atoms with E-state index in [0.717, 1.165) is 6.42 Å². The van der Waals surface area contributed by atoms with Crippen LogP contribution in [0.1, 0.15) is 52.4 Å². The van der Waals surface area contributed by atoms with Crippen LogP contribution >= 0.6 is 0 Å². The summed E-state index contributed by atoms with van der Waals surface area (Å²) in [6.45, 7) is 3.94. The molecule has 0 saturated heterocycles. The molecule has 2 nitrogen and oxygen atoms in total. The first-order valence-corrected chi connectivity index (χ1v) is 6.80. The molecule has 1 unspecified atom stereocenters. The van der Waals surface area contributed by atoms with Crippen LogP contribution in [0, 0.1) is 5.41 Å². The zero-order valence-electron chi connectivity index (χ0n) is 9.08. The van der Waals surface area contributed by atoms with E-state index in [-0.39, 0.29) is 5.25 Å². The van der Waals surface area contributed by atoms with Crippen molar-refractivity contribution in [3.63, 3.8) is 0 Å². The molecule has 2 saturated carbocycles. The predicted molar refractivity (Wildman–Crippen MR) is 60.8 cm³/mol. The Kier molecular flexibility index (Phi) is 2.78. The summed E-state index contributed by atoms with van der Waals surface area (Å²) in [5, 5.41) is 0.168. The topological polar surface area (TPSA) is 29.4 Å². The lowest BCUT2D eigenvalue weighted by Gasteiger charge is -2.40. The summed E-state index contributed by atoms with van der Waals surface area (Å²) in [5.41, 5.74) is 1.67. The number of hydrogen-bond donors (Lipinski definition) is 0. The van der Waals surface area contributed by atoms with Crippen molar-refractivity contribution in [3.8, 4) is 0 Å². The van der Waals surface area contributed by atoms with Crippen LogP contribution in [0.3, 0.4) is 0 Å². The van der Waals surface area contributed by atoms with Gasteiger partial charge >= 0.3 is 0 Å². The first kappa shape index (κ1) is 10.3. The summed E-state index contributed by atoms with van der Waals surface area (Å²) >= 11 is 0. The average Bonchev–Trinajstić information content (AvgIpc) is 2.62. The van der Waals surface area contributed by atoms with Crippen molar-refractivity contribution in [3.05, 3.63) is 0 Å². The molecule has 0 aromatic heterocycles. The zero-order valence-corrected chi connectivity index (χ0v) is 9.90. The summed E-state index contributed by atoms with van der Waals surface area (Å²) < 4.78 is 16.0. The van der Waals surface area contributed by atoms with Crippen molar-refractivity contribution in [1.82, 2.24) is 0 Å². The van der Waals surface area contributed by atoms with Crippen LogP contribution in [-0.4, -0.2) is 15.2 Å². The van der Waals surface area contributed by atoms with Crippen LogP contribution in [0.15, 0.2) is 4.40 Å². The highest BCUT2D eigenvalue weighted by molar-refractivity contribution is 7.84. The number of hydrogen-bond acceptors (Lipinski definition) is 1. The highest BCUT2D eigenvalue weighted by Crippen LogP contribution is 2.51. The second kappa shape index (κ2) is 3.76. The largest absolute Gasteiger partial charge is 0.235 e. The number of nitrogens with zero attached hydrogens (tertiary/aromatic N) is 1. The van der Waals surface area contributed by atoms with E-state index in [4.69, 9.17) is 0 Å². The van der Waals surface area contributed by atoms with Crippen LogP contribution in [0.2, 0.25) is 0 Å². The average molecular weight is 213 g/mol. The Labute approximate surface area is 88.8 Å². The van der Waals surface area contributed by atoms with Gasteiger partial charge in [-0.05, 0) is 39.5 Å². The molecule has 1 spiro atoms. The molecule has 1 atom stereocenters. The fourth-order valence-electron chi connectivity index (χ4n) is 2.54. The zero-order chi connectivity index (χ0) is 10.2. The van der Waals surface area contributed by atoms with Crippen molar-refractivity contribution in [1.29, 1.82) is 0 Å². The lowest BCUT2D eigenvalue weighted by molar-refractivity contribution is 0.340. The molecule has 2 aliphatic rings. The molecule has 0 radical (unpaired) electrons. The molecule has 2 fully saturated rings. The van der Waals surface area contributed by atoms with E-state index in [1.165, 1.54) is 37.8 Å². The van der Waals surface area contributed by atoms with E-state index in [1.807, 2.05) is 13.8 Å². The van der Waals surface area contributed by atoms with Crippen LogP contribution in [0.4, 0.5) is 0 Å². The minimum Gasteiger partial charge on any atom is -0.235 e. The molecule has 2 rings (SSSR count). The third-order valence-corrected chi connectivity index (χ3v) is 4.82. The van der Waals surface area contributed by atoms with Gasteiger partial charge in [0.15, 0.2) is 0 Å². The van der Waals surface area contributed by atoms with Gasteiger partial charge in [0.05, 0.1) is 5.25 Å². The molecule has 0 aromatic rings. The standard InChI is InChI=1S/C11H19NOS/c1-9(2)14(13)12-10-5-8-11(10)6-3-4-7-11/h9H,3-8H2,1-2H3/b12-10+. The third kappa shape index (κ3) is 1.67. The van der Waals surface area contributed by atoms with Crippen LogP contribution < -0.4 is 0 Å². The highest BCUT2D eigenvalue weighted by Gasteiger charge is 2.45. The quantitative estimate of drug-likeness (QED) is 0.693. The Morgan fingerprint density at radius 1 is 1.29 bits per heavy atom. The van der Waals surface area contributed by atoms with Gasteiger partial charge in [-0.15, -0.1) is 0 Å². The maximum atomic E-state index is 11.6. The van der Waals surface area contributed by atoms with E-state index >= 15 is 0 Å². The maximum absolute atomic E-state index is 11.6. The Morgan fingerprint density at radius 3 is 2.36 bits per heavy atom. The molecular weight excluding hydrogens is 194 g/mol. The smallest absolute Gasteiger partial charge is 0.141 e. The summed E-state index contributed by atoms with van der Waals surface area (Å²) in [6, 6.07) is 0. The van der Waals surface area contributed by atoms with Crippen molar-refractivity contribution in [2.45, 2.75) is 57.6 Å². The first-order chi connectivity index (χ1) is 6.64. The lowest BCUT2D eigenvalue weighted by atomic mass is 9.66. The van der Waals surface area contributed by atoms with Crippen molar-refractivity contribution in [2.75, 3.05) is 0 Å². The fraction of sp³-hybridized carbons (Fsp3) is 0.909. The molecule has 2 aliphatic carbocycles. The van der Waals surface area contributed by atoms with Crippen molar-refractivity contribution in [2.24, 2.45) is 9.81 Å². The highest BCUT2D eigenvalue weighted by atomic mass is 32.2. The Morgan fingerprint density at radius 2 is 1.93 bits per heavy atom. The molecule has 0 heterocycles. The van der Waals surface area contributed by atoms with Gasteiger partial charge in [0.1, 0.15) is 11.0 Å². The maximum Gasteiger partial charge on any atom is 0.141 e. The Bertz CT molecular complexity index is 277. The summed E-state index contributed by atoms with van der Waals surface area (Å²) in [7, 11) is -0.985.